The van der Waals surface area contributed by atoms with Crippen LogP contribution < -0.4 is 0 Å². The zero-order valence-corrected chi connectivity index (χ0v) is 18.8. The van der Waals surface area contributed by atoms with Gasteiger partial charge in [-0.15, -0.1) is 11.3 Å². The smallest absolute Gasteiger partial charge is 0.236 e. The number of carbonyl (C=O) groups is 3. The highest BCUT2D eigenvalue weighted by Crippen LogP contribution is 2.54. The van der Waals surface area contributed by atoms with E-state index in [1.807, 2.05) is 90.1 Å². The second kappa shape index (κ2) is 7.52. The molecule has 2 aromatic carbocycles. The van der Waals surface area contributed by atoms with Crippen molar-refractivity contribution in [3.05, 3.63) is 99.9 Å². The molecule has 0 aliphatic carbocycles. The molecule has 3 aliphatic rings. The second-order valence-corrected chi connectivity index (χ2v) is 9.76. The largest absolute Gasteiger partial charge is 0.358 e. The van der Waals surface area contributed by atoms with Crippen LogP contribution >= 0.6 is 11.3 Å². The van der Waals surface area contributed by atoms with Crippen molar-refractivity contribution in [3.8, 4) is 0 Å². The van der Waals surface area contributed by atoms with E-state index in [0.29, 0.717) is 4.88 Å². The fourth-order valence-electron chi connectivity index (χ4n) is 5.71. The van der Waals surface area contributed by atoms with Crippen LogP contribution in [-0.2, 0) is 9.59 Å². The van der Waals surface area contributed by atoms with Gasteiger partial charge in [0.25, 0.3) is 0 Å². The lowest BCUT2D eigenvalue weighted by Crippen LogP contribution is -2.44. The maximum absolute atomic E-state index is 13.9. The summed E-state index contributed by atoms with van der Waals surface area (Å²) in [6.45, 7) is 1.88. The van der Waals surface area contributed by atoms with Crippen LogP contribution in [0, 0.1) is 11.8 Å². The van der Waals surface area contributed by atoms with E-state index in [2.05, 4.69) is 0 Å². The number of hydrogen-bond donors (Lipinski definition) is 0. The Labute approximate surface area is 195 Å². The van der Waals surface area contributed by atoms with Gasteiger partial charge in [-0.1, -0.05) is 60.7 Å². The summed E-state index contributed by atoms with van der Waals surface area (Å²) in [4.78, 5) is 45.4. The number of thiophene rings is 1. The van der Waals surface area contributed by atoms with E-state index in [9.17, 15) is 14.4 Å². The number of fused-ring (bicyclic) bond motifs is 5. The third-order valence-corrected chi connectivity index (χ3v) is 8.08. The van der Waals surface area contributed by atoms with Crippen LogP contribution in [0.4, 0.5) is 0 Å². The molecule has 1 aromatic heterocycles. The lowest BCUT2D eigenvalue weighted by Gasteiger charge is -2.36. The minimum atomic E-state index is -0.709. The minimum Gasteiger partial charge on any atom is -0.358 e. The Morgan fingerprint density at radius 3 is 2.39 bits per heavy atom. The van der Waals surface area contributed by atoms with Gasteiger partial charge < -0.3 is 4.90 Å². The molecule has 5 nitrogen and oxygen atoms in total. The standard InChI is InChI=1S/C27H22N2O3S/c1-16(17-8-3-2-4-9-17)29-26(31)21-22(27(29)32)24(25(30)20-12-7-15-33-20)28-14-13-18-10-5-6-11-19(18)23(21)28/h2-16,21-24H,1H3/t16-,21+,22+,23-,24-/m0/s1. The fourth-order valence-corrected chi connectivity index (χ4v) is 6.40. The van der Waals surface area contributed by atoms with Crippen LogP contribution in [0.3, 0.4) is 0 Å². The molecular formula is C27H22N2O3S. The first-order chi connectivity index (χ1) is 16.1. The van der Waals surface area contributed by atoms with Gasteiger partial charge >= 0.3 is 0 Å². The number of benzene rings is 2. The normalized spacial score (nSPS) is 26.2. The maximum atomic E-state index is 13.9. The highest BCUT2D eigenvalue weighted by atomic mass is 32.1. The van der Waals surface area contributed by atoms with Crippen LogP contribution in [0.15, 0.2) is 78.3 Å². The van der Waals surface area contributed by atoms with E-state index in [-0.39, 0.29) is 23.6 Å². The fraction of sp³-hybridized carbons (Fsp3) is 0.222. The second-order valence-electron chi connectivity index (χ2n) is 8.81. The number of likely N-dealkylation sites (tertiary alicyclic amines) is 1. The van der Waals surface area contributed by atoms with Crippen molar-refractivity contribution in [2.24, 2.45) is 11.8 Å². The topological polar surface area (TPSA) is 57.7 Å². The molecule has 2 fully saturated rings. The van der Waals surface area contributed by atoms with Crippen LogP contribution in [-0.4, -0.2) is 33.4 Å². The Hall–Kier alpha value is -3.51. The van der Waals surface area contributed by atoms with Gasteiger partial charge in [-0.3, -0.25) is 19.3 Å². The third-order valence-electron chi connectivity index (χ3n) is 7.20. The van der Waals surface area contributed by atoms with E-state index in [1.165, 1.54) is 16.2 Å². The monoisotopic (exact) mass is 454 g/mol. The van der Waals surface area contributed by atoms with Gasteiger partial charge in [0.05, 0.1) is 28.8 Å². The molecule has 0 spiro atoms. The van der Waals surface area contributed by atoms with Gasteiger partial charge in [-0.2, -0.15) is 0 Å². The molecule has 33 heavy (non-hydrogen) atoms. The highest BCUT2D eigenvalue weighted by molar-refractivity contribution is 7.12. The van der Waals surface area contributed by atoms with Gasteiger partial charge in [-0.05, 0) is 41.1 Å². The van der Waals surface area contributed by atoms with Crippen molar-refractivity contribution < 1.29 is 14.4 Å². The number of amides is 2. The lowest BCUT2D eigenvalue weighted by atomic mass is 9.84. The molecule has 4 heterocycles. The van der Waals surface area contributed by atoms with Gasteiger partial charge in [-0.25, -0.2) is 0 Å². The van der Waals surface area contributed by atoms with E-state index in [4.69, 9.17) is 0 Å². The molecule has 0 N–H and O–H groups in total. The predicted molar refractivity (Wildman–Crippen MR) is 126 cm³/mol. The molecule has 6 rings (SSSR count). The number of Topliss-reactive ketones (excluding diaryl/α,β-unsaturated/α-hetero) is 1. The summed E-state index contributed by atoms with van der Waals surface area (Å²) in [6, 6.07) is 19.7. The van der Waals surface area contributed by atoms with E-state index < -0.39 is 23.9 Å². The van der Waals surface area contributed by atoms with Crippen molar-refractivity contribution in [2.45, 2.75) is 25.0 Å². The minimum absolute atomic E-state index is 0.0955. The van der Waals surface area contributed by atoms with Crippen LogP contribution in [0.1, 0.15) is 45.4 Å². The Kier molecular flexibility index (Phi) is 4.59. The van der Waals surface area contributed by atoms with E-state index in [1.54, 1.807) is 6.07 Å². The zero-order chi connectivity index (χ0) is 22.7. The Balaban J connectivity index is 1.48. The van der Waals surface area contributed by atoms with Crippen LogP contribution in [0.2, 0.25) is 0 Å². The Morgan fingerprint density at radius 1 is 0.909 bits per heavy atom. The predicted octanol–water partition coefficient (Wildman–Crippen LogP) is 4.70. The van der Waals surface area contributed by atoms with Crippen molar-refractivity contribution >= 4 is 35.0 Å². The summed E-state index contributed by atoms with van der Waals surface area (Å²) in [5, 5.41) is 1.86. The summed E-state index contributed by atoms with van der Waals surface area (Å²) in [7, 11) is 0. The van der Waals surface area contributed by atoms with Crippen molar-refractivity contribution in [1.29, 1.82) is 0 Å². The number of nitrogens with zero attached hydrogens (tertiary/aromatic N) is 2. The van der Waals surface area contributed by atoms with Gasteiger partial charge in [0, 0.05) is 6.20 Å². The molecule has 3 aliphatic heterocycles. The first kappa shape index (κ1) is 20.1. The molecule has 0 bridgehead atoms. The molecule has 3 aromatic rings. The molecule has 0 radical (unpaired) electrons. The van der Waals surface area contributed by atoms with Gasteiger partial charge in [0.15, 0.2) is 5.78 Å². The van der Waals surface area contributed by atoms with E-state index >= 15 is 0 Å². The summed E-state index contributed by atoms with van der Waals surface area (Å²) >= 11 is 1.37. The van der Waals surface area contributed by atoms with Crippen molar-refractivity contribution in [2.75, 3.05) is 0 Å². The Bertz CT molecular complexity index is 1280. The average molecular weight is 455 g/mol. The number of hydrogen-bond acceptors (Lipinski definition) is 5. The number of carbonyl (C=O) groups excluding carboxylic acids is 3. The summed E-state index contributed by atoms with van der Waals surface area (Å²) in [6.07, 6.45) is 3.87. The first-order valence-electron chi connectivity index (χ1n) is 11.1. The lowest BCUT2D eigenvalue weighted by molar-refractivity contribution is -0.143. The molecule has 5 atom stereocenters. The van der Waals surface area contributed by atoms with Gasteiger partial charge in [0.1, 0.15) is 6.04 Å². The zero-order valence-electron chi connectivity index (χ0n) is 18.0. The van der Waals surface area contributed by atoms with Gasteiger partial charge in [0.2, 0.25) is 11.8 Å². The molecule has 2 amide bonds. The number of rotatable bonds is 4. The third kappa shape index (κ3) is 2.87. The molecule has 164 valence electrons. The van der Waals surface area contributed by atoms with Crippen molar-refractivity contribution in [3.63, 3.8) is 0 Å². The average Bonchev–Trinajstić information content (AvgIpc) is 3.55. The number of imide groups is 1. The summed E-state index contributed by atoms with van der Waals surface area (Å²) < 4.78 is 0. The number of ketones is 1. The quantitative estimate of drug-likeness (QED) is 0.423. The Morgan fingerprint density at radius 2 is 1.64 bits per heavy atom. The summed E-state index contributed by atoms with van der Waals surface area (Å²) in [5.74, 6) is -1.84. The molecule has 6 heteroatoms. The summed E-state index contributed by atoms with van der Waals surface area (Å²) in [5.41, 5.74) is 2.92. The molecule has 0 unspecified atom stereocenters. The van der Waals surface area contributed by atoms with E-state index in [0.717, 1.165) is 16.7 Å². The van der Waals surface area contributed by atoms with Crippen molar-refractivity contribution in [1.82, 2.24) is 9.80 Å². The van der Waals surface area contributed by atoms with Crippen LogP contribution in [0.25, 0.3) is 6.08 Å². The molecular weight excluding hydrogens is 432 g/mol. The SMILES string of the molecule is C[C@@H](c1ccccc1)N1C(=O)[C@@H]2[C@@H](C1=O)[C@@H]1c3ccccc3C=CN1[C@@H]2C(=O)c1cccs1. The molecule has 2 saturated heterocycles. The maximum Gasteiger partial charge on any atom is 0.236 e. The first-order valence-corrected chi connectivity index (χ1v) is 12.0. The highest BCUT2D eigenvalue weighted by Gasteiger charge is 2.64. The molecule has 0 saturated carbocycles. The van der Waals surface area contributed by atoms with Crippen LogP contribution in [0.5, 0.6) is 0 Å².